The topological polar surface area (TPSA) is 75.6 Å². The zero-order valence-electron chi connectivity index (χ0n) is 21.0. The molecule has 0 unspecified atom stereocenters. The molecule has 1 fully saturated rings. The molecule has 0 aliphatic heterocycles. The van der Waals surface area contributed by atoms with Gasteiger partial charge in [-0.05, 0) is 89.4 Å². The van der Waals surface area contributed by atoms with Crippen molar-refractivity contribution in [3.8, 4) is 22.3 Å². The quantitative estimate of drug-likeness (QED) is 0.211. The van der Waals surface area contributed by atoms with E-state index in [4.69, 9.17) is 16.3 Å². The normalized spacial score (nSPS) is 14.3. The van der Waals surface area contributed by atoms with E-state index in [0.29, 0.717) is 23.4 Å². The lowest BCUT2D eigenvalue weighted by molar-refractivity contribution is -0.140. The van der Waals surface area contributed by atoms with Crippen molar-refractivity contribution in [2.24, 2.45) is 0 Å². The molecular weight excluding hydrogens is 537 g/mol. The summed E-state index contributed by atoms with van der Waals surface area (Å²) in [7, 11) is 0. The lowest BCUT2D eigenvalue weighted by atomic mass is 9.93. The molecule has 0 spiro atoms. The maximum atomic E-state index is 13.2. The third kappa shape index (κ3) is 5.95. The van der Waals surface area contributed by atoms with E-state index in [9.17, 15) is 19.1 Å². The Hall–Kier alpha value is -3.81. The van der Waals surface area contributed by atoms with E-state index in [2.05, 4.69) is 4.72 Å². The Bertz CT molecular complexity index is 1500. The van der Waals surface area contributed by atoms with E-state index in [1.54, 1.807) is 31.2 Å². The van der Waals surface area contributed by atoms with Crippen molar-refractivity contribution >= 4 is 35.6 Å². The molecule has 1 atom stereocenters. The van der Waals surface area contributed by atoms with E-state index in [1.807, 2.05) is 54.6 Å². The maximum Gasteiger partial charge on any atom is 0.418 e. The molecule has 0 bridgehead atoms. The number of benzene rings is 4. The number of amides is 1. The monoisotopic (exact) mass is 561 g/mol. The second-order valence-electron chi connectivity index (χ2n) is 9.49. The van der Waals surface area contributed by atoms with Crippen molar-refractivity contribution in [3.63, 3.8) is 0 Å². The summed E-state index contributed by atoms with van der Waals surface area (Å²) in [6.45, 7) is 1.72. The van der Waals surface area contributed by atoms with Crippen LogP contribution in [0.15, 0.2) is 95.9 Å². The minimum Gasteiger partial charge on any atom is -0.481 e. The second-order valence-corrected chi connectivity index (χ2v) is 10.8. The van der Waals surface area contributed by atoms with Crippen LogP contribution in [0.2, 0.25) is 5.02 Å². The summed E-state index contributed by atoms with van der Waals surface area (Å²) in [5.41, 5.74) is 4.63. The smallest absolute Gasteiger partial charge is 0.418 e. The summed E-state index contributed by atoms with van der Waals surface area (Å²) in [5, 5.41) is 10.1. The first-order chi connectivity index (χ1) is 18.7. The first-order valence-corrected chi connectivity index (χ1v) is 13.6. The highest BCUT2D eigenvalue weighted by Gasteiger charge is 2.51. The number of carbonyl (C=O) groups excluding carboxylic acids is 1. The molecule has 198 valence electrons. The molecule has 4 aromatic carbocycles. The van der Waals surface area contributed by atoms with Gasteiger partial charge in [0.15, 0.2) is 0 Å². The van der Waals surface area contributed by atoms with Crippen molar-refractivity contribution < 1.29 is 23.8 Å². The van der Waals surface area contributed by atoms with Gasteiger partial charge in [0.25, 0.3) is 0 Å². The fourth-order valence-electron chi connectivity index (χ4n) is 4.48. The zero-order chi connectivity index (χ0) is 27.6. The average molecular weight is 562 g/mol. The predicted octanol–water partition coefficient (Wildman–Crippen LogP) is 8.42. The van der Waals surface area contributed by atoms with Crippen molar-refractivity contribution in [3.05, 3.63) is 113 Å². The maximum absolute atomic E-state index is 13.2. The minimum absolute atomic E-state index is 0.354. The van der Waals surface area contributed by atoms with Crippen LogP contribution in [-0.2, 0) is 14.9 Å². The summed E-state index contributed by atoms with van der Waals surface area (Å²) in [4.78, 5) is 24.8. The fourth-order valence-corrected chi connectivity index (χ4v) is 5.44. The van der Waals surface area contributed by atoms with Crippen LogP contribution in [0.5, 0.6) is 0 Å². The van der Waals surface area contributed by atoms with Crippen LogP contribution in [0, 0.1) is 5.82 Å². The van der Waals surface area contributed by atoms with Gasteiger partial charge in [-0.2, -0.15) is 0 Å². The van der Waals surface area contributed by atoms with Gasteiger partial charge in [-0.1, -0.05) is 78.3 Å². The molecule has 0 saturated heterocycles. The Kier molecular flexibility index (Phi) is 7.64. The van der Waals surface area contributed by atoms with Gasteiger partial charge in [0.1, 0.15) is 11.9 Å². The van der Waals surface area contributed by atoms with Crippen LogP contribution in [0.25, 0.3) is 22.3 Å². The molecule has 1 amide bonds. The highest BCUT2D eigenvalue weighted by molar-refractivity contribution is 7.98. The van der Waals surface area contributed by atoms with E-state index < -0.39 is 23.6 Å². The number of carboxylic acid groups (broad SMARTS) is 1. The van der Waals surface area contributed by atoms with Gasteiger partial charge < -0.3 is 9.84 Å². The molecule has 39 heavy (non-hydrogen) atoms. The summed E-state index contributed by atoms with van der Waals surface area (Å²) in [5.74, 6) is -1.12. The number of carbonyl (C=O) groups is 2. The highest BCUT2D eigenvalue weighted by atomic mass is 35.5. The van der Waals surface area contributed by atoms with Crippen molar-refractivity contribution in [2.75, 3.05) is 0 Å². The van der Waals surface area contributed by atoms with Crippen LogP contribution in [0.3, 0.4) is 0 Å². The summed E-state index contributed by atoms with van der Waals surface area (Å²) in [6, 6.07) is 27.0. The number of hydrogen-bond acceptors (Lipinski definition) is 4. The van der Waals surface area contributed by atoms with Gasteiger partial charge in [0.2, 0.25) is 0 Å². The molecule has 8 heteroatoms. The molecule has 2 N–H and O–H groups in total. The van der Waals surface area contributed by atoms with Gasteiger partial charge in [0, 0.05) is 9.92 Å². The summed E-state index contributed by atoms with van der Waals surface area (Å²) in [6.07, 6.45) is 0.179. The highest BCUT2D eigenvalue weighted by Crippen LogP contribution is 2.48. The first-order valence-electron chi connectivity index (χ1n) is 12.4. The SMILES string of the molecule is C[C@@H](OC(=O)NSc1cc(Cl)ccc1-c1ccc(-c2ccc(C3(C(=O)O)CC3)cc2)cc1)c1ccc(F)cc1. The molecule has 4 aromatic rings. The van der Waals surface area contributed by atoms with Crippen LogP contribution in [0.1, 0.15) is 37.0 Å². The number of aliphatic carboxylic acids is 1. The van der Waals surface area contributed by atoms with Crippen molar-refractivity contribution in [2.45, 2.75) is 36.2 Å². The van der Waals surface area contributed by atoms with Crippen molar-refractivity contribution in [1.29, 1.82) is 0 Å². The molecule has 5 nitrogen and oxygen atoms in total. The largest absolute Gasteiger partial charge is 0.481 e. The Morgan fingerprint density at radius 1 is 0.923 bits per heavy atom. The molecule has 5 rings (SSSR count). The van der Waals surface area contributed by atoms with Gasteiger partial charge in [0.05, 0.1) is 5.41 Å². The number of ether oxygens (including phenoxy) is 1. The van der Waals surface area contributed by atoms with Crippen LogP contribution in [0.4, 0.5) is 9.18 Å². The average Bonchev–Trinajstić information content (AvgIpc) is 3.75. The zero-order valence-corrected chi connectivity index (χ0v) is 22.6. The second kappa shape index (κ2) is 11.1. The minimum atomic E-state index is -0.763. The van der Waals surface area contributed by atoms with Gasteiger partial charge >= 0.3 is 12.1 Å². The molecule has 1 aliphatic carbocycles. The van der Waals surface area contributed by atoms with Gasteiger partial charge in [-0.3, -0.25) is 9.52 Å². The van der Waals surface area contributed by atoms with E-state index in [-0.39, 0.29) is 5.82 Å². The van der Waals surface area contributed by atoms with Crippen LogP contribution in [-0.4, -0.2) is 17.2 Å². The number of nitrogens with one attached hydrogen (secondary N) is 1. The standard InChI is InChI=1S/C31H25ClFNO4S/c1-19(20-8-13-26(33)14-9-20)38-30(37)34-39-28-18-25(32)12-15-27(28)23-4-2-21(3-5-23)22-6-10-24(11-7-22)31(16-17-31)29(35)36/h2-15,18-19H,16-17H2,1H3,(H,34,37)(H,35,36)/t19-/m1/s1. The predicted molar refractivity (Wildman–Crippen MR) is 151 cm³/mol. The Labute approximate surface area is 235 Å². The third-order valence-electron chi connectivity index (χ3n) is 6.94. The van der Waals surface area contributed by atoms with Gasteiger partial charge in [-0.15, -0.1) is 0 Å². The molecular formula is C31H25ClFNO4S. The fraction of sp³-hybridized carbons (Fsp3) is 0.161. The van der Waals surface area contributed by atoms with E-state index >= 15 is 0 Å². The van der Waals surface area contributed by atoms with Crippen molar-refractivity contribution in [1.82, 2.24) is 4.72 Å². The number of rotatable bonds is 8. The lowest BCUT2D eigenvalue weighted by Crippen LogP contribution is -2.19. The first kappa shape index (κ1) is 26.8. The molecule has 0 heterocycles. The Morgan fingerprint density at radius 3 is 2.10 bits per heavy atom. The molecule has 0 aromatic heterocycles. The molecule has 1 aliphatic rings. The van der Waals surface area contributed by atoms with Crippen LogP contribution < -0.4 is 4.72 Å². The molecule has 1 saturated carbocycles. The number of carboxylic acids is 1. The lowest BCUT2D eigenvalue weighted by Gasteiger charge is -2.15. The van der Waals surface area contributed by atoms with Crippen LogP contribution >= 0.6 is 23.5 Å². The molecule has 0 radical (unpaired) electrons. The summed E-state index contributed by atoms with van der Waals surface area (Å²) < 4.78 is 21.3. The van der Waals surface area contributed by atoms with E-state index in [1.165, 1.54) is 12.1 Å². The third-order valence-corrected chi connectivity index (χ3v) is 8.00. The number of halogens is 2. The van der Waals surface area contributed by atoms with E-state index in [0.717, 1.165) is 44.7 Å². The Balaban J connectivity index is 1.27. The van der Waals surface area contributed by atoms with Gasteiger partial charge in [-0.25, -0.2) is 9.18 Å². The Morgan fingerprint density at radius 2 is 1.51 bits per heavy atom. The summed E-state index contributed by atoms with van der Waals surface area (Å²) >= 11 is 7.35. The number of hydrogen-bond donors (Lipinski definition) is 2.